The number of likely N-dealkylation sites (N-methyl/N-ethyl adjacent to an activating group) is 1. The number of hydrogen-bond acceptors (Lipinski definition) is 5. The molecular weight excluding hydrogens is 206 g/mol. The molecule has 0 amide bonds. The average molecular weight is 223 g/mol. The van der Waals surface area contributed by atoms with Gasteiger partial charge in [-0.1, -0.05) is 0 Å². The highest BCUT2D eigenvalue weighted by molar-refractivity contribution is 5.89. The number of carbonyl (C=O) groups excluding carboxylic acids is 1. The fraction of sp³-hybridized carbons (Fsp3) is 0.455. The molecule has 5 nitrogen and oxygen atoms in total. The summed E-state index contributed by atoms with van der Waals surface area (Å²) in [6.07, 6.45) is 1.50. The van der Waals surface area contributed by atoms with Gasteiger partial charge in [0.1, 0.15) is 5.82 Å². The molecule has 5 heteroatoms. The molecule has 0 spiro atoms. The molecule has 16 heavy (non-hydrogen) atoms. The van der Waals surface area contributed by atoms with Crippen molar-refractivity contribution in [3.63, 3.8) is 0 Å². The van der Waals surface area contributed by atoms with Gasteiger partial charge >= 0.3 is 5.97 Å². The molecule has 0 aliphatic rings. The van der Waals surface area contributed by atoms with Crippen LogP contribution in [-0.2, 0) is 4.74 Å². The predicted octanol–water partition coefficient (Wildman–Crippen LogP) is 0.842. The van der Waals surface area contributed by atoms with Crippen molar-refractivity contribution >= 4 is 11.8 Å². The molecule has 1 aromatic heterocycles. The summed E-state index contributed by atoms with van der Waals surface area (Å²) in [4.78, 5) is 17.3. The SMILES string of the molecule is COC(=O)c1ccc(NCCN(C)C)nc1. The maximum Gasteiger partial charge on any atom is 0.339 e. The summed E-state index contributed by atoms with van der Waals surface area (Å²) in [5, 5.41) is 3.16. The Labute approximate surface area is 95.4 Å². The number of esters is 1. The zero-order chi connectivity index (χ0) is 12.0. The first kappa shape index (κ1) is 12.4. The minimum atomic E-state index is -0.368. The van der Waals surface area contributed by atoms with Gasteiger partial charge in [-0.05, 0) is 26.2 Å². The number of anilines is 1. The molecule has 1 rings (SSSR count). The van der Waals surface area contributed by atoms with Gasteiger partial charge in [0.25, 0.3) is 0 Å². The molecule has 88 valence electrons. The van der Waals surface area contributed by atoms with Gasteiger partial charge in [0, 0.05) is 19.3 Å². The van der Waals surface area contributed by atoms with E-state index in [1.165, 1.54) is 13.3 Å². The van der Waals surface area contributed by atoms with Gasteiger partial charge < -0.3 is 15.0 Å². The average Bonchev–Trinajstić information content (AvgIpc) is 2.28. The van der Waals surface area contributed by atoms with E-state index in [1.807, 2.05) is 14.1 Å². The molecule has 0 radical (unpaired) electrons. The maximum atomic E-state index is 11.1. The highest BCUT2D eigenvalue weighted by atomic mass is 16.5. The summed E-state index contributed by atoms with van der Waals surface area (Å²) < 4.78 is 4.58. The van der Waals surface area contributed by atoms with Crippen molar-refractivity contribution < 1.29 is 9.53 Å². The minimum Gasteiger partial charge on any atom is -0.465 e. The van der Waals surface area contributed by atoms with Crippen molar-refractivity contribution in [2.24, 2.45) is 0 Å². The Kier molecular flexibility index (Phi) is 4.72. The third kappa shape index (κ3) is 3.86. The normalized spacial score (nSPS) is 10.2. The van der Waals surface area contributed by atoms with Gasteiger partial charge in [-0.2, -0.15) is 0 Å². The van der Waals surface area contributed by atoms with Crippen LogP contribution >= 0.6 is 0 Å². The first-order chi connectivity index (χ1) is 7.63. The van der Waals surface area contributed by atoms with Crippen molar-refractivity contribution in [3.8, 4) is 0 Å². The second-order valence-corrected chi connectivity index (χ2v) is 3.65. The number of hydrogen-bond donors (Lipinski definition) is 1. The Hall–Kier alpha value is -1.62. The molecule has 0 saturated carbocycles. The lowest BCUT2D eigenvalue weighted by Gasteiger charge is -2.10. The summed E-state index contributed by atoms with van der Waals surface area (Å²) >= 11 is 0. The van der Waals surface area contributed by atoms with E-state index < -0.39 is 0 Å². The highest BCUT2D eigenvalue weighted by Gasteiger charge is 2.04. The largest absolute Gasteiger partial charge is 0.465 e. The Bertz CT molecular complexity index is 336. The lowest BCUT2D eigenvalue weighted by molar-refractivity contribution is 0.0600. The second kappa shape index (κ2) is 6.07. The van der Waals surface area contributed by atoms with E-state index in [2.05, 4.69) is 19.9 Å². The molecule has 1 heterocycles. The Morgan fingerprint density at radius 3 is 2.75 bits per heavy atom. The number of nitrogens with zero attached hydrogens (tertiary/aromatic N) is 2. The Morgan fingerprint density at radius 2 is 2.25 bits per heavy atom. The first-order valence-electron chi connectivity index (χ1n) is 5.06. The van der Waals surface area contributed by atoms with E-state index >= 15 is 0 Å². The van der Waals surface area contributed by atoms with E-state index in [0.717, 1.165) is 18.9 Å². The second-order valence-electron chi connectivity index (χ2n) is 3.65. The number of ether oxygens (including phenoxy) is 1. The molecular formula is C11H17N3O2. The number of pyridine rings is 1. The summed E-state index contributed by atoms with van der Waals surface area (Å²) in [7, 11) is 5.37. The van der Waals surface area contributed by atoms with Crippen molar-refractivity contribution in [2.75, 3.05) is 39.6 Å². The standard InChI is InChI=1S/C11H17N3O2/c1-14(2)7-6-12-10-5-4-9(8-13-10)11(15)16-3/h4-5,8H,6-7H2,1-3H3,(H,12,13). The van der Waals surface area contributed by atoms with Crippen LogP contribution in [0.2, 0.25) is 0 Å². The zero-order valence-electron chi connectivity index (χ0n) is 9.86. The molecule has 0 bridgehead atoms. The van der Waals surface area contributed by atoms with E-state index in [0.29, 0.717) is 5.56 Å². The van der Waals surface area contributed by atoms with E-state index in [-0.39, 0.29) is 5.97 Å². The molecule has 0 aliphatic heterocycles. The van der Waals surface area contributed by atoms with Crippen LogP contribution in [0.15, 0.2) is 18.3 Å². The Morgan fingerprint density at radius 1 is 1.50 bits per heavy atom. The van der Waals surface area contributed by atoms with Gasteiger partial charge in [-0.25, -0.2) is 9.78 Å². The minimum absolute atomic E-state index is 0.368. The van der Waals surface area contributed by atoms with Crippen LogP contribution in [0.25, 0.3) is 0 Å². The van der Waals surface area contributed by atoms with Crippen LogP contribution in [0.3, 0.4) is 0 Å². The van der Waals surface area contributed by atoms with E-state index in [1.54, 1.807) is 12.1 Å². The van der Waals surface area contributed by atoms with Crippen molar-refractivity contribution in [2.45, 2.75) is 0 Å². The quantitative estimate of drug-likeness (QED) is 0.750. The molecule has 0 saturated heterocycles. The monoisotopic (exact) mass is 223 g/mol. The van der Waals surface area contributed by atoms with Crippen molar-refractivity contribution in [3.05, 3.63) is 23.9 Å². The van der Waals surface area contributed by atoms with Crippen molar-refractivity contribution in [1.29, 1.82) is 0 Å². The highest BCUT2D eigenvalue weighted by Crippen LogP contribution is 2.05. The molecule has 1 aromatic rings. The number of aromatic nitrogens is 1. The lowest BCUT2D eigenvalue weighted by Crippen LogP contribution is -2.21. The van der Waals surface area contributed by atoms with Crippen LogP contribution in [-0.4, -0.2) is 50.1 Å². The molecule has 0 atom stereocenters. The topological polar surface area (TPSA) is 54.5 Å². The zero-order valence-corrected chi connectivity index (χ0v) is 9.86. The fourth-order valence-electron chi connectivity index (χ4n) is 1.14. The summed E-state index contributed by atoms with van der Waals surface area (Å²) in [5.41, 5.74) is 0.459. The third-order valence-corrected chi connectivity index (χ3v) is 2.05. The van der Waals surface area contributed by atoms with Crippen LogP contribution in [0, 0.1) is 0 Å². The number of methoxy groups -OCH3 is 1. The van der Waals surface area contributed by atoms with E-state index in [4.69, 9.17) is 0 Å². The lowest BCUT2D eigenvalue weighted by atomic mass is 10.3. The molecule has 0 aromatic carbocycles. The van der Waals surface area contributed by atoms with Gasteiger partial charge in [0.15, 0.2) is 0 Å². The Balaban J connectivity index is 2.48. The summed E-state index contributed by atoms with van der Waals surface area (Å²) in [6.45, 7) is 1.75. The number of rotatable bonds is 5. The third-order valence-electron chi connectivity index (χ3n) is 2.05. The van der Waals surface area contributed by atoms with Crippen LogP contribution in [0.5, 0.6) is 0 Å². The van der Waals surface area contributed by atoms with Gasteiger partial charge in [0.05, 0.1) is 12.7 Å². The van der Waals surface area contributed by atoms with Gasteiger partial charge in [-0.15, -0.1) is 0 Å². The fourth-order valence-corrected chi connectivity index (χ4v) is 1.14. The molecule has 1 N–H and O–H groups in total. The molecule has 0 unspecified atom stereocenters. The van der Waals surface area contributed by atoms with Crippen LogP contribution < -0.4 is 5.32 Å². The van der Waals surface area contributed by atoms with Crippen LogP contribution in [0.1, 0.15) is 10.4 Å². The van der Waals surface area contributed by atoms with Gasteiger partial charge in [0.2, 0.25) is 0 Å². The maximum absolute atomic E-state index is 11.1. The first-order valence-corrected chi connectivity index (χ1v) is 5.06. The van der Waals surface area contributed by atoms with Crippen molar-refractivity contribution in [1.82, 2.24) is 9.88 Å². The number of nitrogens with one attached hydrogen (secondary N) is 1. The summed E-state index contributed by atoms with van der Waals surface area (Å²) in [6, 6.07) is 3.46. The van der Waals surface area contributed by atoms with E-state index in [9.17, 15) is 4.79 Å². The summed E-state index contributed by atoms with van der Waals surface area (Å²) in [5.74, 6) is 0.391. The number of carbonyl (C=O) groups is 1. The predicted molar refractivity (Wildman–Crippen MR) is 62.6 cm³/mol. The van der Waals surface area contributed by atoms with Gasteiger partial charge in [-0.3, -0.25) is 0 Å². The van der Waals surface area contributed by atoms with Crippen LogP contribution in [0.4, 0.5) is 5.82 Å². The molecule has 0 fully saturated rings. The smallest absolute Gasteiger partial charge is 0.339 e. The molecule has 0 aliphatic carbocycles.